The lowest BCUT2D eigenvalue weighted by Gasteiger charge is -2.56. The maximum atomic E-state index is 11.8. The van der Waals surface area contributed by atoms with Crippen LogP contribution in [0.4, 0.5) is 0 Å². The second kappa shape index (κ2) is 6.34. The smallest absolute Gasteiger partial charge is 0.306 e. The molecule has 1 heterocycles. The van der Waals surface area contributed by atoms with E-state index in [-0.39, 0.29) is 30.0 Å². The summed E-state index contributed by atoms with van der Waals surface area (Å²) in [5.41, 5.74) is -0.124. The molecule has 0 bridgehead atoms. The van der Waals surface area contributed by atoms with Gasteiger partial charge in [-0.2, -0.15) is 0 Å². The van der Waals surface area contributed by atoms with Gasteiger partial charge in [-0.25, -0.2) is 0 Å². The molecule has 0 aromatic heterocycles. The van der Waals surface area contributed by atoms with Gasteiger partial charge >= 0.3 is 11.9 Å². The standard InChI is InChI=1S/C16H29NO4/c1-11(2)17-15(3,4)9-12(10-16(17,5)6)21-14(20)8-7-13(18)19/h11-12H,7-10H2,1-6H3,(H,18,19). The number of piperidine rings is 1. The lowest BCUT2D eigenvalue weighted by molar-refractivity contribution is -0.164. The average molecular weight is 299 g/mol. The molecule has 1 fully saturated rings. The molecule has 0 radical (unpaired) electrons. The van der Waals surface area contributed by atoms with E-state index in [1.54, 1.807) is 0 Å². The Hall–Kier alpha value is -1.10. The molecule has 0 saturated carbocycles. The van der Waals surface area contributed by atoms with Gasteiger partial charge in [0.25, 0.3) is 0 Å². The molecule has 0 aromatic carbocycles. The van der Waals surface area contributed by atoms with Gasteiger partial charge in [-0.05, 0) is 41.5 Å². The van der Waals surface area contributed by atoms with Gasteiger partial charge in [0.05, 0.1) is 12.8 Å². The molecule has 0 spiro atoms. The van der Waals surface area contributed by atoms with Gasteiger partial charge in [-0.1, -0.05) is 0 Å². The molecule has 0 unspecified atom stereocenters. The molecule has 0 aromatic rings. The van der Waals surface area contributed by atoms with Crippen molar-refractivity contribution in [3.63, 3.8) is 0 Å². The lowest BCUT2D eigenvalue weighted by atomic mass is 9.77. The van der Waals surface area contributed by atoms with E-state index in [1.807, 2.05) is 0 Å². The summed E-state index contributed by atoms with van der Waals surface area (Å²) >= 11 is 0. The third kappa shape index (κ3) is 4.70. The zero-order valence-electron chi connectivity index (χ0n) is 14.1. The third-order valence-electron chi connectivity index (χ3n) is 4.12. The van der Waals surface area contributed by atoms with E-state index in [0.717, 1.165) is 12.8 Å². The SMILES string of the molecule is CC(C)N1C(C)(C)CC(OC(=O)CCC(=O)O)CC1(C)C. The van der Waals surface area contributed by atoms with Crippen LogP contribution in [0.15, 0.2) is 0 Å². The highest BCUT2D eigenvalue weighted by atomic mass is 16.5. The van der Waals surface area contributed by atoms with Crippen LogP contribution < -0.4 is 0 Å². The van der Waals surface area contributed by atoms with Crippen molar-refractivity contribution < 1.29 is 19.4 Å². The second-order valence-electron chi connectivity index (χ2n) is 7.50. The van der Waals surface area contributed by atoms with Crippen LogP contribution in [0.2, 0.25) is 0 Å². The molecular weight excluding hydrogens is 270 g/mol. The summed E-state index contributed by atoms with van der Waals surface area (Å²) in [6, 6.07) is 0.415. The summed E-state index contributed by atoms with van der Waals surface area (Å²) in [6.45, 7) is 13.1. The van der Waals surface area contributed by atoms with Crippen LogP contribution in [0.25, 0.3) is 0 Å². The van der Waals surface area contributed by atoms with Crippen LogP contribution in [0.1, 0.15) is 67.2 Å². The van der Waals surface area contributed by atoms with Gasteiger partial charge < -0.3 is 9.84 Å². The van der Waals surface area contributed by atoms with Gasteiger partial charge in [0, 0.05) is 30.0 Å². The predicted molar refractivity (Wildman–Crippen MR) is 81.1 cm³/mol. The summed E-state index contributed by atoms with van der Waals surface area (Å²) < 4.78 is 5.51. The normalized spacial score (nSPS) is 22.2. The van der Waals surface area contributed by atoms with Crippen molar-refractivity contribution in [1.29, 1.82) is 0 Å². The Morgan fingerprint density at radius 3 is 2.00 bits per heavy atom. The summed E-state index contributed by atoms with van der Waals surface area (Å²) in [6.07, 6.45) is 1.17. The van der Waals surface area contributed by atoms with Crippen molar-refractivity contribution in [3.05, 3.63) is 0 Å². The third-order valence-corrected chi connectivity index (χ3v) is 4.12. The van der Waals surface area contributed by atoms with E-state index < -0.39 is 11.9 Å². The molecule has 5 heteroatoms. The fraction of sp³-hybridized carbons (Fsp3) is 0.875. The lowest BCUT2D eigenvalue weighted by Crippen LogP contribution is -2.64. The maximum Gasteiger partial charge on any atom is 0.306 e. The van der Waals surface area contributed by atoms with E-state index >= 15 is 0 Å². The quantitative estimate of drug-likeness (QED) is 0.791. The van der Waals surface area contributed by atoms with Crippen LogP contribution in [0.5, 0.6) is 0 Å². The van der Waals surface area contributed by atoms with Crippen molar-refractivity contribution >= 4 is 11.9 Å². The van der Waals surface area contributed by atoms with Crippen molar-refractivity contribution in [2.45, 2.75) is 90.4 Å². The van der Waals surface area contributed by atoms with Gasteiger partial charge in [0.2, 0.25) is 0 Å². The molecule has 1 saturated heterocycles. The van der Waals surface area contributed by atoms with Crippen LogP contribution in [0.3, 0.4) is 0 Å². The van der Waals surface area contributed by atoms with Gasteiger partial charge in [0.1, 0.15) is 6.10 Å². The molecule has 0 atom stereocenters. The first-order valence-corrected chi connectivity index (χ1v) is 7.66. The highest BCUT2D eigenvalue weighted by Crippen LogP contribution is 2.41. The predicted octanol–water partition coefficient (Wildman–Crippen LogP) is 2.82. The van der Waals surface area contributed by atoms with E-state index in [2.05, 4.69) is 46.4 Å². The largest absolute Gasteiger partial charge is 0.481 e. The fourth-order valence-electron chi connectivity index (χ4n) is 4.14. The number of esters is 1. The van der Waals surface area contributed by atoms with E-state index in [1.165, 1.54) is 0 Å². The molecule has 0 aliphatic carbocycles. The zero-order valence-corrected chi connectivity index (χ0v) is 14.1. The highest BCUT2D eigenvalue weighted by Gasteiger charge is 2.47. The monoisotopic (exact) mass is 299 g/mol. The average Bonchev–Trinajstić information content (AvgIpc) is 2.21. The molecule has 5 nitrogen and oxygen atoms in total. The van der Waals surface area contributed by atoms with Crippen molar-refractivity contribution in [2.24, 2.45) is 0 Å². The Morgan fingerprint density at radius 1 is 1.14 bits per heavy atom. The van der Waals surface area contributed by atoms with Crippen molar-refractivity contribution in [3.8, 4) is 0 Å². The highest BCUT2D eigenvalue weighted by molar-refractivity contribution is 5.76. The molecule has 21 heavy (non-hydrogen) atoms. The maximum absolute atomic E-state index is 11.8. The zero-order chi connectivity index (χ0) is 16.4. The summed E-state index contributed by atoms with van der Waals surface area (Å²) in [5, 5.41) is 8.62. The number of likely N-dealkylation sites (tertiary alicyclic amines) is 1. The number of aliphatic carboxylic acids is 1. The van der Waals surface area contributed by atoms with Crippen LogP contribution in [0, 0.1) is 0 Å². The van der Waals surface area contributed by atoms with Gasteiger partial charge in [0.15, 0.2) is 0 Å². The minimum atomic E-state index is -0.970. The Morgan fingerprint density at radius 2 is 1.62 bits per heavy atom. The number of carboxylic acids is 1. The minimum Gasteiger partial charge on any atom is -0.481 e. The topological polar surface area (TPSA) is 66.8 Å². The first-order chi connectivity index (χ1) is 9.45. The first-order valence-electron chi connectivity index (χ1n) is 7.66. The Kier molecular flexibility index (Phi) is 5.42. The Balaban J connectivity index is 2.73. The van der Waals surface area contributed by atoms with Crippen LogP contribution >= 0.6 is 0 Å². The number of rotatable bonds is 5. The first kappa shape index (κ1) is 18.0. The number of carboxylic acid groups (broad SMARTS) is 1. The molecule has 1 aliphatic heterocycles. The number of hydrogen-bond acceptors (Lipinski definition) is 4. The Bertz CT molecular complexity index is 383. The van der Waals surface area contributed by atoms with Gasteiger partial charge in [-0.3, -0.25) is 14.5 Å². The second-order valence-corrected chi connectivity index (χ2v) is 7.50. The van der Waals surface area contributed by atoms with Gasteiger partial charge in [-0.15, -0.1) is 0 Å². The van der Waals surface area contributed by atoms with Crippen LogP contribution in [-0.2, 0) is 14.3 Å². The number of carbonyl (C=O) groups excluding carboxylic acids is 1. The van der Waals surface area contributed by atoms with Crippen molar-refractivity contribution in [2.75, 3.05) is 0 Å². The van der Waals surface area contributed by atoms with E-state index in [9.17, 15) is 9.59 Å². The fourth-order valence-corrected chi connectivity index (χ4v) is 4.14. The summed E-state index contributed by atoms with van der Waals surface area (Å²) in [5.74, 6) is -1.38. The molecule has 1 N–H and O–H groups in total. The number of hydrogen-bond donors (Lipinski definition) is 1. The number of nitrogens with zero attached hydrogens (tertiary/aromatic N) is 1. The molecule has 1 rings (SSSR count). The molecule has 122 valence electrons. The minimum absolute atomic E-state index is 0.0550. The molecule has 0 amide bonds. The van der Waals surface area contributed by atoms with E-state index in [4.69, 9.17) is 9.84 Å². The summed E-state index contributed by atoms with van der Waals surface area (Å²) in [7, 11) is 0. The number of ether oxygens (including phenoxy) is 1. The molecule has 1 aliphatic rings. The van der Waals surface area contributed by atoms with Crippen LogP contribution in [-0.4, -0.2) is 45.2 Å². The molecular formula is C16H29NO4. The number of carbonyl (C=O) groups is 2. The Labute approximate surface area is 127 Å². The van der Waals surface area contributed by atoms with Crippen molar-refractivity contribution in [1.82, 2.24) is 4.90 Å². The summed E-state index contributed by atoms with van der Waals surface area (Å²) in [4.78, 5) is 24.7. The van der Waals surface area contributed by atoms with E-state index in [0.29, 0.717) is 6.04 Å².